The summed E-state index contributed by atoms with van der Waals surface area (Å²) in [7, 11) is 0. The summed E-state index contributed by atoms with van der Waals surface area (Å²) < 4.78 is 8.28. The molecule has 2 aromatic carbocycles. The molecule has 0 saturated carbocycles. The predicted molar refractivity (Wildman–Crippen MR) is 118 cm³/mol. The highest BCUT2D eigenvalue weighted by Gasteiger charge is 2.13. The molecule has 0 fully saturated rings. The Morgan fingerprint density at radius 2 is 1.97 bits per heavy atom. The SMILES string of the molecule is Clc1cccc(Cn2c(-c3cc4ccccc4o3)csc2=Nc2cccnc2)c1. The van der Waals surface area contributed by atoms with Crippen LogP contribution in [0.1, 0.15) is 5.56 Å². The normalized spacial score (nSPS) is 12.0. The molecule has 3 heterocycles. The van der Waals surface area contributed by atoms with E-state index in [1.54, 1.807) is 23.7 Å². The van der Waals surface area contributed by atoms with Crippen molar-refractivity contribution >= 4 is 39.6 Å². The first-order chi connectivity index (χ1) is 14.3. The number of benzene rings is 2. The number of fused-ring (bicyclic) bond motifs is 1. The number of rotatable bonds is 4. The van der Waals surface area contributed by atoms with E-state index < -0.39 is 0 Å². The molecule has 0 amide bonds. The monoisotopic (exact) mass is 417 g/mol. The summed E-state index contributed by atoms with van der Waals surface area (Å²) in [4.78, 5) is 9.84. The van der Waals surface area contributed by atoms with E-state index in [9.17, 15) is 0 Å². The largest absolute Gasteiger partial charge is 0.454 e. The van der Waals surface area contributed by atoms with Gasteiger partial charge >= 0.3 is 0 Å². The van der Waals surface area contributed by atoms with E-state index in [1.807, 2.05) is 48.5 Å². The highest BCUT2D eigenvalue weighted by atomic mass is 35.5. The summed E-state index contributed by atoms with van der Waals surface area (Å²) >= 11 is 7.78. The van der Waals surface area contributed by atoms with Gasteiger partial charge in [-0.3, -0.25) is 4.98 Å². The Morgan fingerprint density at radius 1 is 1.03 bits per heavy atom. The van der Waals surface area contributed by atoms with E-state index in [-0.39, 0.29) is 0 Å². The second-order valence-electron chi connectivity index (χ2n) is 6.59. The molecule has 6 heteroatoms. The molecule has 5 rings (SSSR count). The number of furan rings is 1. The molecule has 0 saturated heterocycles. The second kappa shape index (κ2) is 7.70. The molecule has 0 aliphatic heterocycles. The fraction of sp³-hybridized carbons (Fsp3) is 0.0435. The maximum Gasteiger partial charge on any atom is 0.190 e. The van der Waals surface area contributed by atoms with Gasteiger partial charge in [0.1, 0.15) is 5.58 Å². The van der Waals surface area contributed by atoms with E-state index in [1.165, 1.54) is 0 Å². The number of nitrogens with zero attached hydrogens (tertiary/aromatic N) is 3. The van der Waals surface area contributed by atoms with Gasteiger partial charge < -0.3 is 8.98 Å². The minimum absolute atomic E-state index is 0.634. The molecule has 0 unspecified atom stereocenters. The van der Waals surface area contributed by atoms with Gasteiger partial charge in [0, 0.05) is 22.0 Å². The van der Waals surface area contributed by atoms with Gasteiger partial charge in [0.25, 0.3) is 0 Å². The van der Waals surface area contributed by atoms with Crippen LogP contribution in [0.15, 0.2) is 93.9 Å². The van der Waals surface area contributed by atoms with Gasteiger partial charge in [-0.25, -0.2) is 4.99 Å². The molecule has 4 nitrogen and oxygen atoms in total. The van der Waals surface area contributed by atoms with Crippen LogP contribution in [0.3, 0.4) is 0 Å². The Kier molecular flexibility index (Phi) is 4.76. The molecule has 0 spiro atoms. The summed E-state index contributed by atoms with van der Waals surface area (Å²) in [5.74, 6) is 0.817. The average molecular weight is 418 g/mol. The van der Waals surface area contributed by atoms with Crippen LogP contribution < -0.4 is 4.80 Å². The van der Waals surface area contributed by atoms with E-state index >= 15 is 0 Å². The first kappa shape index (κ1) is 17.9. The maximum atomic E-state index is 6.21. The van der Waals surface area contributed by atoms with Crippen molar-refractivity contribution in [3.8, 4) is 11.5 Å². The Balaban J connectivity index is 1.67. The lowest BCUT2D eigenvalue weighted by atomic mass is 10.2. The molecule has 0 radical (unpaired) electrons. The maximum absolute atomic E-state index is 6.21. The lowest BCUT2D eigenvalue weighted by Gasteiger charge is -2.08. The minimum Gasteiger partial charge on any atom is -0.454 e. The number of para-hydroxylation sites is 1. The summed E-state index contributed by atoms with van der Waals surface area (Å²) in [6.07, 6.45) is 3.50. The lowest BCUT2D eigenvalue weighted by molar-refractivity contribution is 0.618. The Labute approximate surface area is 176 Å². The molecular weight excluding hydrogens is 402 g/mol. The van der Waals surface area contributed by atoms with E-state index in [2.05, 4.69) is 33.1 Å². The van der Waals surface area contributed by atoms with Crippen LogP contribution in [0.4, 0.5) is 5.69 Å². The van der Waals surface area contributed by atoms with Gasteiger partial charge in [0.2, 0.25) is 0 Å². The van der Waals surface area contributed by atoms with Crippen LogP contribution >= 0.6 is 22.9 Å². The number of pyridine rings is 1. The molecule has 142 valence electrons. The summed E-state index contributed by atoms with van der Waals surface area (Å²) in [5, 5.41) is 3.88. The smallest absolute Gasteiger partial charge is 0.190 e. The average Bonchev–Trinajstić information content (AvgIpc) is 3.33. The number of aromatic nitrogens is 2. The third kappa shape index (κ3) is 3.75. The second-order valence-corrected chi connectivity index (χ2v) is 7.86. The number of halogens is 1. The van der Waals surface area contributed by atoms with Gasteiger partial charge in [-0.2, -0.15) is 0 Å². The predicted octanol–water partition coefficient (Wildman–Crippen LogP) is 6.29. The molecule has 0 atom stereocenters. The highest BCUT2D eigenvalue weighted by molar-refractivity contribution is 7.07. The van der Waals surface area contributed by atoms with Crippen LogP contribution in [0, 0.1) is 0 Å². The van der Waals surface area contributed by atoms with Crippen molar-refractivity contribution in [2.45, 2.75) is 6.54 Å². The van der Waals surface area contributed by atoms with E-state index in [0.717, 1.165) is 43.5 Å². The van der Waals surface area contributed by atoms with Gasteiger partial charge in [0.05, 0.1) is 24.1 Å². The molecule has 3 aromatic heterocycles. The van der Waals surface area contributed by atoms with Crippen molar-refractivity contribution in [3.05, 3.63) is 99.9 Å². The number of thiazole rings is 1. The van der Waals surface area contributed by atoms with Gasteiger partial charge in [-0.05, 0) is 42.0 Å². The number of hydrogen-bond donors (Lipinski definition) is 0. The van der Waals surface area contributed by atoms with Crippen LogP contribution in [0.25, 0.3) is 22.4 Å². The van der Waals surface area contributed by atoms with E-state index in [4.69, 9.17) is 21.0 Å². The molecule has 0 aliphatic rings. The lowest BCUT2D eigenvalue weighted by Crippen LogP contribution is -2.16. The fourth-order valence-corrected chi connectivity index (χ4v) is 4.35. The summed E-state index contributed by atoms with van der Waals surface area (Å²) in [6, 6.07) is 21.8. The first-order valence-electron chi connectivity index (χ1n) is 9.13. The summed E-state index contributed by atoms with van der Waals surface area (Å²) in [5.41, 5.74) is 3.76. The van der Waals surface area contributed by atoms with Crippen molar-refractivity contribution in [1.29, 1.82) is 0 Å². The van der Waals surface area contributed by atoms with Crippen LogP contribution in [0.5, 0.6) is 0 Å². The Morgan fingerprint density at radius 3 is 2.79 bits per heavy atom. The van der Waals surface area contributed by atoms with Crippen molar-refractivity contribution < 1.29 is 4.42 Å². The quantitative estimate of drug-likeness (QED) is 0.344. The van der Waals surface area contributed by atoms with Gasteiger partial charge in [0.15, 0.2) is 10.6 Å². The minimum atomic E-state index is 0.634. The molecular formula is C23H16ClN3OS. The molecule has 5 aromatic rings. The zero-order valence-electron chi connectivity index (χ0n) is 15.3. The van der Waals surface area contributed by atoms with E-state index in [0.29, 0.717) is 6.54 Å². The van der Waals surface area contributed by atoms with Gasteiger partial charge in [-0.15, -0.1) is 11.3 Å². The molecule has 29 heavy (non-hydrogen) atoms. The van der Waals surface area contributed by atoms with Crippen LogP contribution in [0.2, 0.25) is 5.02 Å². The third-order valence-corrected chi connectivity index (χ3v) is 5.67. The van der Waals surface area contributed by atoms with Crippen molar-refractivity contribution in [3.63, 3.8) is 0 Å². The molecule has 0 N–H and O–H groups in total. The fourth-order valence-electron chi connectivity index (χ4n) is 3.23. The van der Waals surface area contributed by atoms with Crippen LogP contribution in [-0.2, 0) is 6.54 Å². The first-order valence-corrected chi connectivity index (χ1v) is 10.4. The van der Waals surface area contributed by atoms with Crippen molar-refractivity contribution in [2.24, 2.45) is 4.99 Å². The zero-order chi connectivity index (χ0) is 19.6. The Hall–Kier alpha value is -3.15. The Bertz CT molecular complexity index is 1320. The third-order valence-electron chi connectivity index (χ3n) is 4.58. The molecule has 0 bridgehead atoms. The summed E-state index contributed by atoms with van der Waals surface area (Å²) in [6.45, 7) is 0.634. The highest BCUT2D eigenvalue weighted by Crippen LogP contribution is 2.29. The standard InChI is InChI=1S/C23H16ClN3OS/c24-18-7-3-5-16(11-18)14-27-20(22-12-17-6-1-2-9-21(17)28-22)15-29-23(27)26-19-8-4-10-25-13-19/h1-13,15H,14H2. The number of hydrogen-bond acceptors (Lipinski definition) is 4. The van der Waals surface area contributed by atoms with Crippen molar-refractivity contribution in [1.82, 2.24) is 9.55 Å². The van der Waals surface area contributed by atoms with Crippen LogP contribution in [-0.4, -0.2) is 9.55 Å². The zero-order valence-corrected chi connectivity index (χ0v) is 16.9. The van der Waals surface area contributed by atoms with Crippen molar-refractivity contribution in [2.75, 3.05) is 0 Å². The van der Waals surface area contributed by atoms with Gasteiger partial charge in [-0.1, -0.05) is 41.9 Å². The molecule has 0 aliphatic carbocycles. The topological polar surface area (TPSA) is 43.3 Å².